The number of anilines is 1. The van der Waals surface area contributed by atoms with Gasteiger partial charge in [0.25, 0.3) is 0 Å². The summed E-state index contributed by atoms with van der Waals surface area (Å²) in [6, 6.07) is 11.6. The molecule has 0 saturated carbocycles. The normalized spacial score (nSPS) is 11.7. The number of rotatable bonds is 5. The molecule has 1 heterocycles. The molecule has 0 aliphatic rings. The zero-order chi connectivity index (χ0) is 15.2. The van der Waals surface area contributed by atoms with Gasteiger partial charge in [0.1, 0.15) is 5.69 Å². The molecule has 21 heavy (non-hydrogen) atoms. The Morgan fingerprint density at radius 2 is 1.90 bits per heavy atom. The van der Waals surface area contributed by atoms with Crippen molar-refractivity contribution in [3.8, 4) is 0 Å². The second-order valence-electron chi connectivity index (χ2n) is 4.52. The van der Waals surface area contributed by atoms with Gasteiger partial charge in [0.05, 0.1) is 17.9 Å². The first-order valence-corrected chi connectivity index (χ1v) is 6.36. The van der Waals surface area contributed by atoms with Crippen molar-refractivity contribution in [2.75, 3.05) is 5.32 Å². The van der Waals surface area contributed by atoms with E-state index in [1.165, 1.54) is 18.3 Å². The summed E-state index contributed by atoms with van der Waals surface area (Å²) in [6.07, 6.45) is 1.71. The van der Waals surface area contributed by atoms with Crippen LogP contribution in [0.25, 0.3) is 0 Å². The highest BCUT2D eigenvalue weighted by molar-refractivity contribution is 5.95. The highest BCUT2D eigenvalue weighted by atomic mass is 16.4. The minimum Gasteiger partial charge on any atom is -0.477 e. The van der Waals surface area contributed by atoms with Gasteiger partial charge in [-0.05, 0) is 24.1 Å². The summed E-state index contributed by atoms with van der Waals surface area (Å²) < 4.78 is 0. The molecular formula is C15H15N3O3. The maximum atomic E-state index is 12.0. The van der Waals surface area contributed by atoms with Gasteiger partial charge in [0.15, 0.2) is 0 Å². The molecule has 0 aliphatic heterocycles. The molecule has 0 saturated heterocycles. The quantitative estimate of drug-likeness (QED) is 0.767. The average Bonchev–Trinajstić information content (AvgIpc) is 2.48. The molecule has 2 aromatic rings. The molecule has 0 radical (unpaired) electrons. The van der Waals surface area contributed by atoms with Crippen molar-refractivity contribution in [2.24, 2.45) is 5.73 Å². The SMILES string of the molecule is N[C@@H](Cc1ccccc1)C(=O)Nc1ccc(C(=O)O)nc1. The molecule has 1 aromatic carbocycles. The number of nitrogens with one attached hydrogen (secondary N) is 1. The Morgan fingerprint density at radius 3 is 2.48 bits per heavy atom. The van der Waals surface area contributed by atoms with Crippen LogP contribution in [0.3, 0.4) is 0 Å². The second-order valence-corrected chi connectivity index (χ2v) is 4.52. The number of carboxylic acid groups (broad SMARTS) is 1. The van der Waals surface area contributed by atoms with Gasteiger partial charge in [-0.2, -0.15) is 0 Å². The molecule has 1 aromatic heterocycles. The van der Waals surface area contributed by atoms with Crippen molar-refractivity contribution in [1.82, 2.24) is 4.98 Å². The molecule has 0 fully saturated rings. The Balaban J connectivity index is 1.95. The van der Waals surface area contributed by atoms with E-state index in [4.69, 9.17) is 10.8 Å². The van der Waals surface area contributed by atoms with Crippen molar-refractivity contribution >= 4 is 17.6 Å². The number of carboxylic acids is 1. The maximum Gasteiger partial charge on any atom is 0.354 e. The minimum absolute atomic E-state index is 0.0819. The summed E-state index contributed by atoms with van der Waals surface area (Å²) in [4.78, 5) is 26.4. The number of benzene rings is 1. The third-order valence-corrected chi connectivity index (χ3v) is 2.89. The summed E-state index contributed by atoms with van der Waals surface area (Å²) in [5.74, 6) is -1.46. The van der Waals surface area contributed by atoms with Crippen LogP contribution in [0.4, 0.5) is 5.69 Å². The molecule has 6 heteroatoms. The molecule has 108 valence electrons. The van der Waals surface area contributed by atoms with E-state index in [9.17, 15) is 9.59 Å². The van der Waals surface area contributed by atoms with E-state index >= 15 is 0 Å². The molecule has 6 nitrogen and oxygen atoms in total. The summed E-state index contributed by atoms with van der Waals surface area (Å²) in [7, 11) is 0. The number of carbonyl (C=O) groups excluding carboxylic acids is 1. The Bertz CT molecular complexity index is 626. The first-order valence-electron chi connectivity index (χ1n) is 6.36. The van der Waals surface area contributed by atoms with Gasteiger partial charge in [-0.3, -0.25) is 4.79 Å². The molecule has 2 rings (SSSR count). The average molecular weight is 285 g/mol. The fourth-order valence-electron chi connectivity index (χ4n) is 1.79. The van der Waals surface area contributed by atoms with Crippen molar-refractivity contribution in [2.45, 2.75) is 12.5 Å². The Morgan fingerprint density at radius 1 is 1.19 bits per heavy atom. The minimum atomic E-state index is -1.12. The first kappa shape index (κ1) is 14.7. The molecule has 1 atom stereocenters. The van der Waals surface area contributed by atoms with Crippen LogP contribution < -0.4 is 11.1 Å². The van der Waals surface area contributed by atoms with Crippen LogP contribution in [0.5, 0.6) is 0 Å². The Kier molecular flexibility index (Phi) is 4.63. The largest absolute Gasteiger partial charge is 0.477 e. The molecular weight excluding hydrogens is 270 g/mol. The third kappa shape index (κ3) is 4.12. The van der Waals surface area contributed by atoms with Gasteiger partial charge < -0.3 is 16.2 Å². The van der Waals surface area contributed by atoms with Gasteiger partial charge >= 0.3 is 5.97 Å². The lowest BCUT2D eigenvalue weighted by Crippen LogP contribution is -2.37. The lowest BCUT2D eigenvalue weighted by Gasteiger charge is -2.12. The van der Waals surface area contributed by atoms with Gasteiger partial charge in [0.2, 0.25) is 5.91 Å². The van der Waals surface area contributed by atoms with Crippen LogP contribution in [0, 0.1) is 0 Å². The number of aromatic carboxylic acids is 1. The summed E-state index contributed by atoms with van der Waals surface area (Å²) >= 11 is 0. The summed E-state index contributed by atoms with van der Waals surface area (Å²) in [5, 5.41) is 11.3. The number of nitrogens with zero attached hydrogens (tertiary/aromatic N) is 1. The van der Waals surface area contributed by atoms with Gasteiger partial charge in [-0.15, -0.1) is 0 Å². The highest BCUT2D eigenvalue weighted by Gasteiger charge is 2.14. The molecule has 0 aliphatic carbocycles. The maximum absolute atomic E-state index is 12.0. The van der Waals surface area contributed by atoms with E-state index in [1.807, 2.05) is 30.3 Å². The van der Waals surface area contributed by atoms with E-state index < -0.39 is 12.0 Å². The predicted molar refractivity (Wildman–Crippen MR) is 77.9 cm³/mol. The fraction of sp³-hybridized carbons (Fsp3) is 0.133. The lowest BCUT2D eigenvalue weighted by molar-refractivity contribution is -0.117. The number of hydrogen-bond donors (Lipinski definition) is 3. The van der Waals surface area contributed by atoms with Crippen molar-refractivity contribution in [3.63, 3.8) is 0 Å². The zero-order valence-electron chi connectivity index (χ0n) is 11.2. The highest BCUT2D eigenvalue weighted by Crippen LogP contribution is 2.08. The number of aromatic nitrogens is 1. The third-order valence-electron chi connectivity index (χ3n) is 2.89. The molecule has 4 N–H and O–H groups in total. The van der Waals surface area contributed by atoms with Gasteiger partial charge in [0, 0.05) is 0 Å². The number of nitrogens with two attached hydrogens (primary N) is 1. The predicted octanol–water partition coefficient (Wildman–Crippen LogP) is 1.29. The molecule has 1 amide bonds. The standard InChI is InChI=1S/C15H15N3O3/c16-12(8-10-4-2-1-3-5-10)14(19)18-11-6-7-13(15(20)21)17-9-11/h1-7,9,12H,8,16H2,(H,18,19)(H,20,21)/t12-/m0/s1. The van der Waals surface area contributed by atoms with Crippen LogP contribution in [-0.4, -0.2) is 28.0 Å². The van der Waals surface area contributed by atoms with E-state index in [0.29, 0.717) is 12.1 Å². The van der Waals surface area contributed by atoms with Crippen LogP contribution in [-0.2, 0) is 11.2 Å². The smallest absolute Gasteiger partial charge is 0.354 e. The molecule has 0 spiro atoms. The van der Waals surface area contributed by atoms with Crippen LogP contribution in [0.15, 0.2) is 48.7 Å². The fourth-order valence-corrected chi connectivity index (χ4v) is 1.79. The lowest BCUT2D eigenvalue weighted by atomic mass is 10.1. The van der Waals surface area contributed by atoms with E-state index in [1.54, 1.807) is 0 Å². The van der Waals surface area contributed by atoms with Crippen molar-refractivity contribution < 1.29 is 14.7 Å². The number of carbonyl (C=O) groups is 2. The Hall–Kier alpha value is -2.73. The zero-order valence-corrected chi connectivity index (χ0v) is 11.2. The second kappa shape index (κ2) is 6.62. The van der Waals surface area contributed by atoms with Crippen LogP contribution >= 0.6 is 0 Å². The van der Waals surface area contributed by atoms with Crippen molar-refractivity contribution in [1.29, 1.82) is 0 Å². The number of amides is 1. The number of pyridine rings is 1. The molecule has 0 unspecified atom stereocenters. The van der Waals surface area contributed by atoms with Gasteiger partial charge in [-0.25, -0.2) is 9.78 Å². The molecule has 0 bridgehead atoms. The number of hydrogen-bond acceptors (Lipinski definition) is 4. The van der Waals surface area contributed by atoms with Crippen molar-refractivity contribution in [3.05, 3.63) is 59.9 Å². The van der Waals surface area contributed by atoms with Crippen LogP contribution in [0.1, 0.15) is 16.1 Å². The monoisotopic (exact) mass is 285 g/mol. The van der Waals surface area contributed by atoms with E-state index in [-0.39, 0.29) is 11.6 Å². The van der Waals surface area contributed by atoms with E-state index in [0.717, 1.165) is 5.56 Å². The van der Waals surface area contributed by atoms with Crippen LogP contribution in [0.2, 0.25) is 0 Å². The summed E-state index contributed by atoms with van der Waals surface area (Å²) in [5.41, 5.74) is 7.15. The first-order chi connectivity index (χ1) is 10.1. The summed E-state index contributed by atoms with van der Waals surface area (Å²) in [6.45, 7) is 0. The Labute approximate surface area is 121 Å². The van der Waals surface area contributed by atoms with Gasteiger partial charge in [-0.1, -0.05) is 30.3 Å². The topological polar surface area (TPSA) is 105 Å². The van der Waals surface area contributed by atoms with E-state index in [2.05, 4.69) is 10.3 Å².